The highest BCUT2D eigenvalue weighted by atomic mass is 32.1. The van der Waals surface area contributed by atoms with Crippen molar-refractivity contribution in [3.63, 3.8) is 0 Å². The number of nitrogens with one attached hydrogen (secondary N) is 1. The average molecular weight is 368 g/mol. The van der Waals surface area contributed by atoms with Crippen LogP contribution in [0.2, 0.25) is 0 Å². The number of aliphatic hydroxyl groups is 1. The number of ether oxygens (including phenoxy) is 1. The van der Waals surface area contributed by atoms with Gasteiger partial charge < -0.3 is 20.9 Å². The number of benzene rings is 2. The Morgan fingerprint density at radius 3 is 2.50 bits per heavy atom. The van der Waals surface area contributed by atoms with E-state index in [1.165, 1.54) is 11.3 Å². The molecule has 0 bridgehead atoms. The monoisotopic (exact) mass is 368 g/mol. The third-order valence-electron chi connectivity index (χ3n) is 3.98. The Kier molecular flexibility index (Phi) is 5.25. The van der Waals surface area contributed by atoms with E-state index in [1.54, 1.807) is 44.4 Å². The third-order valence-corrected chi connectivity index (χ3v) is 5.28. The molecule has 1 atom stereocenters. The summed E-state index contributed by atoms with van der Waals surface area (Å²) < 4.78 is 5.10. The number of methoxy groups -OCH3 is 1. The molecule has 0 saturated heterocycles. The predicted octanol–water partition coefficient (Wildman–Crippen LogP) is 4.31. The summed E-state index contributed by atoms with van der Waals surface area (Å²) in [5.41, 5.74) is 8.51. The van der Waals surface area contributed by atoms with Gasteiger partial charge in [0, 0.05) is 15.3 Å². The van der Waals surface area contributed by atoms with Crippen LogP contribution in [0.4, 0.5) is 11.4 Å². The first kappa shape index (κ1) is 18.0. The van der Waals surface area contributed by atoms with Gasteiger partial charge in [0.25, 0.3) is 5.91 Å². The molecule has 2 aromatic carbocycles. The first-order valence-electron chi connectivity index (χ1n) is 8.11. The highest BCUT2D eigenvalue weighted by Gasteiger charge is 2.12. The Balaban J connectivity index is 1.83. The Morgan fingerprint density at radius 2 is 1.88 bits per heavy atom. The van der Waals surface area contributed by atoms with Gasteiger partial charge in [-0.05, 0) is 61.0 Å². The lowest BCUT2D eigenvalue weighted by Crippen LogP contribution is -2.13. The lowest BCUT2D eigenvalue weighted by molar-refractivity contribution is 0.102. The van der Waals surface area contributed by atoms with Gasteiger partial charge in [0.1, 0.15) is 5.75 Å². The van der Waals surface area contributed by atoms with E-state index in [2.05, 4.69) is 5.32 Å². The molecule has 3 rings (SSSR count). The highest BCUT2D eigenvalue weighted by molar-refractivity contribution is 7.15. The van der Waals surface area contributed by atoms with Gasteiger partial charge in [-0.3, -0.25) is 4.79 Å². The second kappa shape index (κ2) is 7.59. The van der Waals surface area contributed by atoms with Crippen LogP contribution in [0.15, 0.2) is 54.6 Å². The fourth-order valence-electron chi connectivity index (χ4n) is 2.49. The number of hydrogen-bond acceptors (Lipinski definition) is 5. The number of carbonyl (C=O) groups excluding carboxylic acids is 1. The van der Waals surface area contributed by atoms with E-state index in [0.717, 1.165) is 15.3 Å². The smallest absolute Gasteiger partial charge is 0.255 e. The van der Waals surface area contributed by atoms with Crippen LogP contribution in [-0.4, -0.2) is 18.1 Å². The van der Waals surface area contributed by atoms with Crippen molar-refractivity contribution >= 4 is 28.6 Å². The maximum absolute atomic E-state index is 12.5. The molecule has 5 nitrogen and oxygen atoms in total. The van der Waals surface area contributed by atoms with Gasteiger partial charge in [-0.15, -0.1) is 11.3 Å². The van der Waals surface area contributed by atoms with E-state index < -0.39 is 6.10 Å². The number of hydrogen-bond donors (Lipinski definition) is 3. The minimum atomic E-state index is -0.503. The van der Waals surface area contributed by atoms with Gasteiger partial charge in [-0.25, -0.2) is 0 Å². The average Bonchev–Trinajstić information content (AvgIpc) is 3.14. The molecule has 0 spiro atoms. The Labute approximate surface area is 156 Å². The van der Waals surface area contributed by atoms with E-state index in [0.29, 0.717) is 22.7 Å². The molecule has 0 saturated carbocycles. The fraction of sp³-hybridized carbons (Fsp3) is 0.150. The zero-order valence-corrected chi connectivity index (χ0v) is 15.3. The summed E-state index contributed by atoms with van der Waals surface area (Å²) in [7, 11) is 1.58. The molecule has 3 aromatic rings. The molecule has 0 radical (unpaired) electrons. The second-order valence-electron chi connectivity index (χ2n) is 5.86. The summed E-state index contributed by atoms with van der Waals surface area (Å²) in [6.07, 6.45) is -0.503. The van der Waals surface area contributed by atoms with Crippen molar-refractivity contribution in [2.45, 2.75) is 13.0 Å². The van der Waals surface area contributed by atoms with Crippen molar-refractivity contribution in [2.75, 3.05) is 18.2 Å². The van der Waals surface area contributed by atoms with Gasteiger partial charge in [-0.2, -0.15) is 0 Å². The molecule has 0 aliphatic rings. The van der Waals surface area contributed by atoms with E-state index in [9.17, 15) is 9.90 Å². The zero-order valence-electron chi connectivity index (χ0n) is 14.5. The molecule has 26 heavy (non-hydrogen) atoms. The molecule has 6 heteroatoms. The summed E-state index contributed by atoms with van der Waals surface area (Å²) in [4.78, 5) is 14.4. The van der Waals surface area contributed by atoms with Crippen LogP contribution < -0.4 is 15.8 Å². The highest BCUT2D eigenvalue weighted by Crippen LogP contribution is 2.34. The van der Waals surface area contributed by atoms with Gasteiger partial charge >= 0.3 is 0 Å². The largest absolute Gasteiger partial charge is 0.497 e. The summed E-state index contributed by atoms with van der Waals surface area (Å²) in [5.74, 6) is 0.446. The van der Waals surface area contributed by atoms with E-state index in [1.807, 2.05) is 24.3 Å². The minimum Gasteiger partial charge on any atom is -0.497 e. The Bertz CT molecular complexity index is 917. The van der Waals surface area contributed by atoms with Gasteiger partial charge in [-0.1, -0.05) is 6.07 Å². The van der Waals surface area contributed by atoms with Crippen LogP contribution in [0, 0.1) is 0 Å². The summed E-state index contributed by atoms with van der Waals surface area (Å²) in [6, 6.07) is 16.2. The van der Waals surface area contributed by atoms with Crippen molar-refractivity contribution in [3.05, 3.63) is 65.0 Å². The molecular weight excluding hydrogens is 348 g/mol. The van der Waals surface area contributed by atoms with Crippen molar-refractivity contribution in [1.82, 2.24) is 0 Å². The van der Waals surface area contributed by atoms with Gasteiger partial charge in [0.15, 0.2) is 0 Å². The number of carbonyl (C=O) groups is 1. The molecule has 1 aromatic heterocycles. The first-order chi connectivity index (χ1) is 12.5. The SMILES string of the molecule is COc1ccc(C(=O)Nc2cc(-c3ccc(C(C)O)s3)ccc2N)cc1. The maximum Gasteiger partial charge on any atom is 0.255 e. The van der Waals surface area contributed by atoms with E-state index >= 15 is 0 Å². The number of amides is 1. The van der Waals surface area contributed by atoms with Crippen LogP contribution in [0.5, 0.6) is 5.75 Å². The standard InChI is InChI=1S/C20H20N2O3S/c1-12(23)18-9-10-19(26-18)14-5-8-16(21)17(11-14)22-20(24)13-3-6-15(25-2)7-4-13/h3-12,23H,21H2,1-2H3,(H,22,24). The van der Waals surface area contributed by atoms with Crippen molar-refractivity contribution in [3.8, 4) is 16.2 Å². The molecular formula is C20H20N2O3S. The number of nitrogens with two attached hydrogens (primary N) is 1. The molecule has 4 N–H and O–H groups in total. The number of thiophene rings is 1. The number of anilines is 2. The summed E-state index contributed by atoms with van der Waals surface area (Å²) >= 11 is 1.51. The Hall–Kier alpha value is -2.83. The van der Waals surface area contributed by atoms with Crippen molar-refractivity contribution in [2.24, 2.45) is 0 Å². The quantitative estimate of drug-likeness (QED) is 0.586. The maximum atomic E-state index is 12.5. The lowest BCUT2D eigenvalue weighted by Gasteiger charge is -2.10. The van der Waals surface area contributed by atoms with Gasteiger partial charge in [0.2, 0.25) is 0 Å². The van der Waals surface area contributed by atoms with E-state index in [-0.39, 0.29) is 5.91 Å². The molecule has 1 amide bonds. The van der Waals surface area contributed by atoms with Crippen LogP contribution in [-0.2, 0) is 0 Å². The van der Waals surface area contributed by atoms with Gasteiger partial charge in [0.05, 0.1) is 24.6 Å². The molecule has 0 aliphatic carbocycles. The molecule has 0 fully saturated rings. The number of rotatable bonds is 5. The molecule has 0 aliphatic heterocycles. The first-order valence-corrected chi connectivity index (χ1v) is 8.92. The van der Waals surface area contributed by atoms with Crippen molar-refractivity contribution < 1.29 is 14.6 Å². The van der Waals surface area contributed by atoms with Crippen LogP contribution in [0.1, 0.15) is 28.3 Å². The van der Waals surface area contributed by atoms with Crippen LogP contribution in [0.25, 0.3) is 10.4 Å². The lowest BCUT2D eigenvalue weighted by atomic mass is 10.1. The zero-order chi connectivity index (χ0) is 18.7. The summed E-state index contributed by atoms with van der Waals surface area (Å²) in [5, 5.41) is 12.5. The number of nitrogen functional groups attached to an aromatic ring is 1. The normalized spacial score (nSPS) is 11.8. The predicted molar refractivity (Wildman–Crippen MR) is 106 cm³/mol. The van der Waals surface area contributed by atoms with Crippen molar-refractivity contribution in [1.29, 1.82) is 0 Å². The fourth-order valence-corrected chi connectivity index (χ4v) is 3.43. The third kappa shape index (κ3) is 3.87. The molecule has 1 heterocycles. The molecule has 134 valence electrons. The Morgan fingerprint density at radius 1 is 1.15 bits per heavy atom. The topological polar surface area (TPSA) is 84.6 Å². The van der Waals surface area contributed by atoms with Crippen LogP contribution >= 0.6 is 11.3 Å². The summed E-state index contributed by atoms with van der Waals surface area (Å²) in [6.45, 7) is 1.74. The second-order valence-corrected chi connectivity index (χ2v) is 6.98. The van der Waals surface area contributed by atoms with Crippen LogP contribution in [0.3, 0.4) is 0 Å². The number of aliphatic hydroxyl groups excluding tert-OH is 1. The molecule has 1 unspecified atom stereocenters. The van der Waals surface area contributed by atoms with E-state index in [4.69, 9.17) is 10.5 Å². The minimum absolute atomic E-state index is 0.243.